The Bertz CT molecular complexity index is 856. The highest BCUT2D eigenvalue weighted by atomic mass is 16.5. The van der Waals surface area contributed by atoms with Gasteiger partial charge in [-0.25, -0.2) is 9.97 Å². The van der Waals surface area contributed by atoms with Crippen LogP contribution in [0.5, 0.6) is 5.88 Å². The zero-order chi connectivity index (χ0) is 17.6. The molecule has 0 saturated heterocycles. The Kier molecular flexibility index (Phi) is 5.09. The summed E-state index contributed by atoms with van der Waals surface area (Å²) in [7, 11) is 1.51. The molecule has 1 amide bonds. The summed E-state index contributed by atoms with van der Waals surface area (Å²) in [5.41, 5.74) is 3.42. The maximum Gasteiger partial charge on any atom is 0.251 e. The number of amides is 1. The number of benzene rings is 1. The number of carbonyl (C=O) groups is 1. The van der Waals surface area contributed by atoms with Gasteiger partial charge in [0.25, 0.3) is 5.91 Å². The molecule has 3 rings (SSSR count). The summed E-state index contributed by atoms with van der Waals surface area (Å²) in [6.07, 6.45) is 3.75. The molecule has 0 fully saturated rings. The number of carbonyl (C=O) groups excluding carboxylic acids is 1. The molecular formula is C19H19N3O3. The highest BCUT2D eigenvalue weighted by molar-refractivity contribution is 5.94. The third-order valence-corrected chi connectivity index (χ3v) is 3.72. The van der Waals surface area contributed by atoms with E-state index in [1.54, 1.807) is 24.6 Å². The van der Waals surface area contributed by atoms with Gasteiger partial charge < -0.3 is 14.5 Å². The average Bonchev–Trinajstić information content (AvgIpc) is 3.11. The van der Waals surface area contributed by atoms with Crippen LogP contribution < -0.4 is 10.1 Å². The van der Waals surface area contributed by atoms with Gasteiger partial charge in [0.1, 0.15) is 6.26 Å². The van der Waals surface area contributed by atoms with Crippen molar-refractivity contribution in [2.45, 2.75) is 13.3 Å². The maximum atomic E-state index is 12.1. The zero-order valence-electron chi connectivity index (χ0n) is 14.2. The minimum Gasteiger partial charge on any atom is -0.481 e. The first-order valence-corrected chi connectivity index (χ1v) is 7.95. The van der Waals surface area contributed by atoms with E-state index in [-0.39, 0.29) is 5.91 Å². The second-order valence-electron chi connectivity index (χ2n) is 5.60. The summed E-state index contributed by atoms with van der Waals surface area (Å²) in [5, 5.41) is 2.85. The third-order valence-electron chi connectivity index (χ3n) is 3.72. The molecule has 25 heavy (non-hydrogen) atoms. The fraction of sp³-hybridized carbons (Fsp3) is 0.211. The van der Waals surface area contributed by atoms with Gasteiger partial charge in [-0.15, -0.1) is 0 Å². The average molecular weight is 337 g/mol. The summed E-state index contributed by atoms with van der Waals surface area (Å²) >= 11 is 0. The zero-order valence-corrected chi connectivity index (χ0v) is 14.2. The van der Waals surface area contributed by atoms with Crippen molar-refractivity contribution in [1.29, 1.82) is 0 Å². The SMILES string of the molecule is COc1cc(C(=O)NCCc2coc(-c3ccc(C)cc3)n2)ccn1. The number of pyridine rings is 1. The Hall–Kier alpha value is -3.15. The van der Waals surface area contributed by atoms with Crippen molar-refractivity contribution in [2.75, 3.05) is 13.7 Å². The molecule has 0 bridgehead atoms. The Labute approximate surface area is 145 Å². The molecule has 1 aromatic carbocycles. The molecule has 2 heterocycles. The van der Waals surface area contributed by atoms with Gasteiger partial charge in [0.15, 0.2) is 0 Å². The molecule has 0 spiro atoms. The second-order valence-corrected chi connectivity index (χ2v) is 5.60. The van der Waals surface area contributed by atoms with Crippen molar-refractivity contribution in [3.63, 3.8) is 0 Å². The van der Waals surface area contributed by atoms with Gasteiger partial charge in [-0.05, 0) is 25.1 Å². The fourth-order valence-electron chi connectivity index (χ4n) is 2.32. The first-order valence-electron chi connectivity index (χ1n) is 7.95. The lowest BCUT2D eigenvalue weighted by atomic mass is 10.1. The summed E-state index contributed by atoms with van der Waals surface area (Å²) < 4.78 is 10.5. The maximum absolute atomic E-state index is 12.1. The number of ether oxygens (including phenoxy) is 1. The Morgan fingerprint density at radius 2 is 2.04 bits per heavy atom. The summed E-state index contributed by atoms with van der Waals surface area (Å²) in [4.78, 5) is 20.6. The number of rotatable bonds is 6. The van der Waals surface area contributed by atoms with Crippen molar-refractivity contribution in [3.05, 3.63) is 65.7 Å². The van der Waals surface area contributed by atoms with Gasteiger partial charge in [-0.3, -0.25) is 4.79 Å². The number of nitrogens with zero attached hydrogens (tertiary/aromatic N) is 2. The quantitative estimate of drug-likeness (QED) is 0.748. The van der Waals surface area contributed by atoms with Crippen molar-refractivity contribution in [1.82, 2.24) is 15.3 Å². The van der Waals surface area contributed by atoms with Crippen LogP contribution in [0.25, 0.3) is 11.5 Å². The molecule has 0 aliphatic rings. The molecule has 0 atom stereocenters. The van der Waals surface area contributed by atoms with Crippen molar-refractivity contribution in [3.8, 4) is 17.3 Å². The third kappa shape index (κ3) is 4.23. The van der Waals surface area contributed by atoms with Crippen molar-refractivity contribution in [2.24, 2.45) is 0 Å². The van der Waals surface area contributed by atoms with Crippen molar-refractivity contribution >= 4 is 5.91 Å². The molecule has 0 aliphatic heterocycles. The minimum absolute atomic E-state index is 0.178. The molecule has 6 heteroatoms. The second kappa shape index (κ2) is 7.61. The van der Waals surface area contributed by atoms with E-state index in [2.05, 4.69) is 15.3 Å². The molecule has 128 valence electrons. The van der Waals surface area contributed by atoms with E-state index in [9.17, 15) is 4.79 Å². The number of nitrogens with one attached hydrogen (secondary N) is 1. The molecule has 1 N–H and O–H groups in total. The van der Waals surface area contributed by atoms with Crippen LogP contribution in [0.15, 0.2) is 53.3 Å². The molecule has 6 nitrogen and oxygen atoms in total. The largest absolute Gasteiger partial charge is 0.481 e. The number of aromatic nitrogens is 2. The van der Waals surface area contributed by atoms with E-state index in [4.69, 9.17) is 9.15 Å². The number of methoxy groups -OCH3 is 1. The number of aryl methyl sites for hydroxylation is 1. The van der Waals surface area contributed by atoms with Crippen molar-refractivity contribution < 1.29 is 13.9 Å². The predicted octanol–water partition coefficient (Wildman–Crippen LogP) is 3.03. The standard InChI is InChI=1S/C19H19N3O3/c1-13-3-5-14(6-4-13)19-22-16(12-25-19)8-10-21-18(23)15-7-9-20-17(11-15)24-2/h3-7,9,11-12H,8,10H2,1-2H3,(H,21,23). The van der Waals surface area contributed by atoms with Crippen LogP contribution in [0.4, 0.5) is 0 Å². The lowest BCUT2D eigenvalue weighted by molar-refractivity contribution is 0.0953. The van der Waals surface area contributed by atoms with Crippen LogP contribution in [0.3, 0.4) is 0 Å². The molecule has 0 saturated carbocycles. The molecule has 0 radical (unpaired) electrons. The topological polar surface area (TPSA) is 77.2 Å². The van der Waals surface area contributed by atoms with Crippen LogP contribution in [-0.2, 0) is 6.42 Å². The highest BCUT2D eigenvalue weighted by Crippen LogP contribution is 2.19. The molecule has 3 aromatic rings. The lowest BCUT2D eigenvalue weighted by Gasteiger charge is -2.05. The van der Waals surface area contributed by atoms with E-state index in [0.717, 1.165) is 11.3 Å². The highest BCUT2D eigenvalue weighted by Gasteiger charge is 2.09. The van der Waals surface area contributed by atoms with Crippen LogP contribution >= 0.6 is 0 Å². The summed E-state index contributed by atoms with van der Waals surface area (Å²) in [6, 6.07) is 11.2. The molecule has 0 aliphatic carbocycles. The van der Waals surface area contributed by atoms with E-state index >= 15 is 0 Å². The first kappa shape index (κ1) is 16.7. The van der Waals surface area contributed by atoms with Gasteiger partial charge >= 0.3 is 0 Å². The van der Waals surface area contributed by atoms with E-state index in [1.807, 2.05) is 31.2 Å². The molecule has 2 aromatic heterocycles. The van der Waals surface area contributed by atoms with Crippen LogP contribution in [0.1, 0.15) is 21.6 Å². The van der Waals surface area contributed by atoms with Crippen LogP contribution in [0.2, 0.25) is 0 Å². The monoisotopic (exact) mass is 337 g/mol. The minimum atomic E-state index is -0.178. The lowest BCUT2D eigenvalue weighted by Crippen LogP contribution is -2.25. The van der Waals surface area contributed by atoms with Gasteiger partial charge in [-0.1, -0.05) is 17.7 Å². The van der Waals surface area contributed by atoms with Gasteiger partial charge in [-0.2, -0.15) is 0 Å². The number of oxazole rings is 1. The molecule has 0 unspecified atom stereocenters. The van der Waals surface area contributed by atoms with Gasteiger partial charge in [0, 0.05) is 36.4 Å². The van der Waals surface area contributed by atoms with E-state index in [0.29, 0.717) is 30.3 Å². The summed E-state index contributed by atoms with van der Waals surface area (Å²) in [6.45, 7) is 2.50. The van der Waals surface area contributed by atoms with E-state index in [1.165, 1.54) is 12.7 Å². The predicted molar refractivity (Wildman–Crippen MR) is 93.5 cm³/mol. The number of hydrogen-bond acceptors (Lipinski definition) is 5. The van der Waals surface area contributed by atoms with Gasteiger partial charge in [0.05, 0.1) is 12.8 Å². The van der Waals surface area contributed by atoms with E-state index < -0.39 is 0 Å². The summed E-state index contributed by atoms with van der Waals surface area (Å²) in [5.74, 6) is 0.815. The van der Waals surface area contributed by atoms with Gasteiger partial charge in [0.2, 0.25) is 11.8 Å². The molecular weight excluding hydrogens is 318 g/mol. The number of hydrogen-bond donors (Lipinski definition) is 1. The Morgan fingerprint density at radius 3 is 2.80 bits per heavy atom. The van der Waals surface area contributed by atoms with Crippen LogP contribution in [-0.4, -0.2) is 29.5 Å². The fourth-order valence-corrected chi connectivity index (χ4v) is 2.32. The smallest absolute Gasteiger partial charge is 0.251 e. The normalized spacial score (nSPS) is 10.5. The first-order chi connectivity index (χ1) is 12.2. The Balaban J connectivity index is 1.55. The Morgan fingerprint density at radius 1 is 1.24 bits per heavy atom. The van der Waals surface area contributed by atoms with Crippen LogP contribution in [0, 0.1) is 6.92 Å².